The van der Waals surface area contributed by atoms with Crippen molar-refractivity contribution < 1.29 is 0 Å². The fourth-order valence-electron chi connectivity index (χ4n) is 0.169. The summed E-state index contributed by atoms with van der Waals surface area (Å²) in [5.74, 6) is 15.0. The van der Waals surface area contributed by atoms with Gasteiger partial charge in [-0.15, -0.1) is 5.92 Å². The summed E-state index contributed by atoms with van der Waals surface area (Å²) in [5, 5.41) is 0. The maximum absolute atomic E-state index is 3.27. The summed E-state index contributed by atoms with van der Waals surface area (Å²) >= 11 is 0. The van der Waals surface area contributed by atoms with Gasteiger partial charge >= 0.3 is 0 Å². The summed E-state index contributed by atoms with van der Waals surface area (Å²) in [7, 11) is 0. The molecule has 0 N–H and O–H groups in total. The molecule has 0 rings (SSSR count). The molecule has 0 aromatic rings. The van der Waals surface area contributed by atoms with Crippen LogP contribution < -0.4 is 0 Å². The quantitative estimate of drug-likeness (QED) is 0.362. The molecule has 0 heteroatoms. The number of hydrogen-bond donors (Lipinski definition) is 0. The maximum atomic E-state index is 3.27. The Morgan fingerprint density at radius 1 is 1.00 bits per heavy atom. The van der Waals surface area contributed by atoms with Gasteiger partial charge < -0.3 is 0 Å². The predicted molar refractivity (Wildman–Crippen MR) is 50.3 cm³/mol. The van der Waals surface area contributed by atoms with E-state index in [9.17, 15) is 0 Å². The van der Waals surface area contributed by atoms with Gasteiger partial charge in [-0.25, -0.2) is 5.92 Å². The van der Waals surface area contributed by atoms with Gasteiger partial charge in [-0.2, -0.15) is 6.92 Å². The summed E-state index contributed by atoms with van der Waals surface area (Å²) in [6.45, 7) is 9.25. The standard InChI is InChI=1S/C8H5.C3H8/c1-3-5-7-8-6-4-2;1-3-2/h1H2,2H3;3H2,1-2H3/q-1;. The Hall–Kier alpha value is -1.45. The van der Waals surface area contributed by atoms with Crippen LogP contribution in [0.25, 0.3) is 0 Å². The first-order valence-corrected chi connectivity index (χ1v) is 3.52. The molecular weight excluding hydrogens is 132 g/mol. The van der Waals surface area contributed by atoms with E-state index in [-0.39, 0.29) is 0 Å². The molecule has 0 aliphatic carbocycles. The van der Waals surface area contributed by atoms with E-state index in [1.54, 1.807) is 6.92 Å². The fraction of sp³-hybridized carbons (Fsp3) is 0.364. The molecule has 0 atom stereocenters. The van der Waals surface area contributed by atoms with Crippen LogP contribution in [0.5, 0.6) is 0 Å². The Balaban J connectivity index is 0. The lowest BCUT2D eigenvalue weighted by Crippen LogP contribution is -1.48. The van der Waals surface area contributed by atoms with Crippen molar-refractivity contribution in [2.75, 3.05) is 0 Å². The van der Waals surface area contributed by atoms with Crippen LogP contribution in [0.1, 0.15) is 27.2 Å². The fourth-order valence-corrected chi connectivity index (χ4v) is 0.169. The molecule has 0 bridgehead atoms. The van der Waals surface area contributed by atoms with Crippen LogP contribution in [-0.2, 0) is 0 Å². The molecule has 0 fully saturated rings. The van der Waals surface area contributed by atoms with Crippen LogP contribution in [-0.4, -0.2) is 0 Å². The second-order valence-corrected chi connectivity index (χ2v) is 1.63. The van der Waals surface area contributed by atoms with Gasteiger partial charge in [0.1, 0.15) is 0 Å². The third-order valence-corrected chi connectivity index (χ3v) is 0.401. The molecular formula is C11H13-. The number of hydrogen-bond acceptors (Lipinski definition) is 0. The highest BCUT2D eigenvalue weighted by Crippen LogP contribution is 1.56. The SMILES string of the molecule is CCC.[CH2-]C#CC#CC#CC. The minimum atomic E-state index is 1.25. The molecule has 0 aliphatic rings. The smallest absolute Gasteiger partial charge is 0.00168 e. The monoisotopic (exact) mass is 145 g/mol. The lowest BCUT2D eigenvalue weighted by Gasteiger charge is -1.64. The first kappa shape index (κ1) is 12.2. The summed E-state index contributed by atoms with van der Waals surface area (Å²) in [4.78, 5) is 0. The van der Waals surface area contributed by atoms with Gasteiger partial charge in [-0.1, -0.05) is 26.2 Å². The average Bonchev–Trinajstić information content (AvgIpc) is 2.00. The lowest BCUT2D eigenvalue weighted by molar-refractivity contribution is 1.09. The summed E-state index contributed by atoms with van der Waals surface area (Å²) in [6.07, 6.45) is 1.25. The summed E-state index contributed by atoms with van der Waals surface area (Å²) in [6, 6.07) is 0. The Labute approximate surface area is 70.4 Å². The molecule has 0 aromatic heterocycles. The molecule has 0 aliphatic heterocycles. The van der Waals surface area contributed by atoms with E-state index in [1.807, 2.05) is 0 Å². The molecule has 0 radical (unpaired) electrons. The molecule has 0 spiro atoms. The molecule has 0 saturated heterocycles. The van der Waals surface area contributed by atoms with Gasteiger partial charge in [0.05, 0.1) is 0 Å². The second-order valence-electron chi connectivity index (χ2n) is 1.63. The number of rotatable bonds is 0. The van der Waals surface area contributed by atoms with Crippen LogP contribution in [0.2, 0.25) is 0 Å². The minimum Gasteiger partial charge on any atom is -0.284 e. The van der Waals surface area contributed by atoms with Gasteiger partial charge in [0.2, 0.25) is 0 Å². The van der Waals surface area contributed by atoms with Crippen LogP contribution >= 0.6 is 0 Å². The van der Waals surface area contributed by atoms with Crippen LogP contribution in [0.4, 0.5) is 0 Å². The third-order valence-electron chi connectivity index (χ3n) is 0.401. The van der Waals surface area contributed by atoms with E-state index >= 15 is 0 Å². The van der Waals surface area contributed by atoms with Crippen LogP contribution in [0.15, 0.2) is 0 Å². The molecule has 0 amide bonds. The van der Waals surface area contributed by atoms with Crippen molar-refractivity contribution >= 4 is 0 Å². The van der Waals surface area contributed by atoms with Gasteiger partial charge in [-0.05, 0) is 18.8 Å². The van der Waals surface area contributed by atoms with Crippen molar-refractivity contribution in [3.63, 3.8) is 0 Å². The van der Waals surface area contributed by atoms with Crippen molar-refractivity contribution in [3.8, 4) is 35.5 Å². The highest BCUT2D eigenvalue weighted by Gasteiger charge is 1.41. The van der Waals surface area contributed by atoms with Crippen LogP contribution in [0, 0.1) is 42.4 Å². The highest BCUT2D eigenvalue weighted by atomic mass is 13.5. The Bertz CT molecular complexity index is 202. The predicted octanol–water partition coefficient (Wildman–Crippen LogP) is 2.27. The summed E-state index contributed by atoms with van der Waals surface area (Å²) in [5.41, 5.74) is 0. The van der Waals surface area contributed by atoms with Crippen LogP contribution in [0.3, 0.4) is 0 Å². The zero-order valence-corrected chi connectivity index (χ0v) is 7.41. The van der Waals surface area contributed by atoms with Crippen molar-refractivity contribution in [3.05, 3.63) is 6.92 Å². The lowest BCUT2D eigenvalue weighted by atomic mass is 10.5. The van der Waals surface area contributed by atoms with E-state index in [2.05, 4.69) is 56.3 Å². The van der Waals surface area contributed by atoms with Crippen molar-refractivity contribution in [2.24, 2.45) is 0 Å². The topological polar surface area (TPSA) is 0 Å². The summed E-state index contributed by atoms with van der Waals surface area (Å²) < 4.78 is 0. The normalized spacial score (nSPS) is 4.27. The van der Waals surface area contributed by atoms with Crippen molar-refractivity contribution in [1.29, 1.82) is 0 Å². The Morgan fingerprint density at radius 3 is 1.82 bits per heavy atom. The molecule has 58 valence electrons. The molecule has 0 saturated carbocycles. The first-order chi connectivity index (χ1) is 5.33. The zero-order valence-electron chi connectivity index (χ0n) is 7.41. The van der Waals surface area contributed by atoms with Crippen molar-refractivity contribution in [1.82, 2.24) is 0 Å². The second kappa shape index (κ2) is 15.8. The Morgan fingerprint density at radius 2 is 1.45 bits per heavy atom. The minimum absolute atomic E-state index is 1.25. The van der Waals surface area contributed by atoms with Crippen molar-refractivity contribution in [2.45, 2.75) is 27.2 Å². The molecule has 0 nitrogen and oxygen atoms in total. The Kier molecular flexibility index (Phi) is 17.6. The maximum Gasteiger partial charge on any atom is -0.00168 e. The molecule has 0 unspecified atom stereocenters. The van der Waals surface area contributed by atoms with Gasteiger partial charge in [-0.3, -0.25) is 5.92 Å². The average molecular weight is 145 g/mol. The molecule has 0 aromatic carbocycles. The first-order valence-electron chi connectivity index (χ1n) is 3.52. The van der Waals surface area contributed by atoms with Gasteiger partial charge in [0.25, 0.3) is 0 Å². The zero-order chi connectivity index (χ0) is 8.95. The third kappa shape index (κ3) is 29.1. The molecule has 11 heavy (non-hydrogen) atoms. The van der Waals surface area contributed by atoms with E-state index in [1.165, 1.54) is 6.42 Å². The highest BCUT2D eigenvalue weighted by molar-refractivity contribution is 5.35. The van der Waals surface area contributed by atoms with Gasteiger partial charge in [0, 0.05) is 0 Å². The van der Waals surface area contributed by atoms with E-state index in [0.29, 0.717) is 0 Å². The van der Waals surface area contributed by atoms with E-state index in [0.717, 1.165) is 0 Å². The van der Waals surface area contributed by atoms with E-state index < -0.39 is 0 Å². The molecule has 0 heterocycles. The largest absolute Gasteiger partial charge is 0.284 e. The van der Waals surface area contributed by atoms with E-state index in [4.69, 9.17) is 0 Å². The van der Waals surface area contributed by atoms with Gasteiger partial charge in [0.15, 0.2) is 0 Å².